The smallest absolute Gasteiger partial charge is 0.0946 e. The van der Waals surface area contributed by atoms with Gasteiger partial charge in [0.15, 0.2) is 0 Å². The van der Waals surface area contributed by atoms with Crippen molar-refractivity contribution < 1.29 is 4.74 Å². The summed E-state index contributed by atoms with van der Waals surface area (Å²) in [6.45, 7) is 4.45. The van der Waals surface area contributed by atoms with E-state index in [9.17, 15) is 0 Å². The van der Waals surface area contributed by atoms with Crippen LogP contribution in [-0.2, 0) is 4.74 Å². The molecule has 0 amide bonds. The third-order valence-electron chi connectivity index (χ3n) is 2.52. The molecule has 1 nitrogen and oxygen atoms in total. The highest BCUT2D eigenvalue weighted by Gasteiger charge is 2.65. The van der Waals surface area contributed by atoms with Crippen molar-refractivity contribution in [2.75, 3.05) is 0 Å². The molecule has 1 saturated carbocycles. The normalized spacial score (nSPS) is 66.0. The molecule has 1 heteroatoms. The molecule has 0 aromatic carbocycles. The molecule has 1 aliphatic carbocycles. The molecule has 2 aliphatic rings. The molecule has 0 aromatic heterocycles. The van der Waals surface area contributed by atoms with Gasteiger partial charge in [-0.2, -0.15) is 0 Å². The van der Waals surface area contributed by atoms with Crippen LogP contribution < -0.4 is 0 Å². The fourth-order valence-corrected chi connectivity index (χ4v) is 1.38. The van der Waals surface area contributed by atoms with Crippen molar-refractivity contribution in [1.82, 2.24) is 0 Å². The Bertz CT molecular complexity index is 109. The second kappa shape index (κ2) is 0.752. The van der Waals surface area contributed by atoms with Gasteiger partial charge in [0.25, 0.3) is 0 Å². The summed E-state index contributed by atoms with van der Waals surface area (Å²) in [4.78, 5) is 0. The van der Waals surface area contributed by atoms with Crippen molar-refractivity contribution in [3.63, 3.8) is 0 Å². The minimum atomic E-state index is 0.347. The minimum absolute atomic E-state index is 0.347. The molecule has 2 rings (SSSR count). The molecule has 3 unspecified atom stereocenters. The average Bonchev–Trinajstić information content (AvgIpc) is 2.13. The molecular formula is C6H10O. The van der Waals surface area contributed by atoms with Crippen molar-refractivity contribution in [1.29, 1.82) is 0 Å². The van der Waals surface area contributed by atoms with Crippen molar-refractivity contribution in [2.24, 2.45) is 5.92 Å². The van der Waals surface area contributed by atoms with Crippen LogP contribution in [0.5, 0.6) is 0 Å². The molecular weight excluding hydrogens is 88.1 g/mol. The van der Waals surface area contributed by atoms with Crippen LogP contribution >= 0.6 is 0 Å². The fraction of sp³-hybridized carbons (Fsp3) is 1.00. The van der Waals surface area contributed by atoms with Crippen LogP contribution in [0.25, 0.3) is 0 Å². The molecule has 1 heterocycles. The second-order valence-corrected chi connectivity index (χ2v) is 2.93. The van der Waals surface area contributed by atoms with E-state index in [1.807, 2.05) is 0 Å². The maximum atomic E-state index is 5.33. The highest BCUT2D eigenvalue weighted by Crippen LogP contribution is 2.56. The van der Waals surface area contributed by atoms with E-state index in [2.05, 4.69) is 13.8 Å². The Morgan fingerprint density at radius 3 is 2.43 bits per heavy atom. The topological polar surface area (TPSA) is 12.5 Å². The Balaban J connectivity index is 2.17. The van der Waals surface area contributed by atoms with Gasteiger partial charge in [0, 0.05) is 0 Å². The van der Waals surface area contributed by atoms with Gasteiger partial charge in [-0.1, -0.05) is 6.92 Å². The van der Waals surface area contributed by atoms with E-state index in [-0.39, 0.29) is 0 Å². The molecule has 1 aliphatic heterocycles. The Kier molecular flexibility index (Phi) is 0.419. The van der Waals surface area contributed by atoms with Gasteiger partial charge in [0.05, 0.1) is 11.7 Å². The van der Waals surface area contributed by atoms with Gasteiger partial charge in [-0.3, -0.25) is 0 Å². The van der Waals surface area contributed by atoms with Crippen molar-refractivity contribution >= 4 is 0 Å². The van der Waals surface area contributed by atoms with E-state index in [1.165, 1.54) is 6.42 Å². The summed E-state index contributed by atoms with van der Waals surface area (Å²) in [6, 6.07) is 0. The Hall–Kier alpha value is -0.0400. The second-order valence-electron chi connectivity index (χ2n) is 2.93. The lowest BCUT2D eigenvalue weighted by molar-refractivity contribution is 0.262. The molecule has 2 fully saturated rings. The summed E-state index contributed by atoms with van der Waals surface area (Å²) >= 11 is 0. The monoisotopic (exact) mass is 98.1 g/mol. The van der Waals surface area contributed by atoms with Gasteiger partial charge in [-0.25, -0.2) is 0 Å². The summed E-state index contributed by atoms with van der Waals surface area (Å²) in [5.74, 6) is 0.831. The predicted molar refractivity (Wildman–Crippen MR) is 27.1 cm³/mol. The first-order valence-electron chi connectivity index (χ1n) is 2.91. The summed E-state index contributed by atoms with van der Waals surface area (Å²) in [5.41, 5.74) is 0.347. The number of rotatable bonds is 0. The van der Waals surface area contributed by atoms with Crippen LogP contribution in [0.3, 0.4) is 0 Å². The molecule has 40 valence electrons. The summed E-state index contributed by atoms with van der Waals surface area (Å²) in [7, 11) is 0. The molecule has 7 heavy (non-hydrogen) atoms. The molecule has 0 N–H and O–H groups in total. The van der Waals surface area contributed by atoms with Crippen LogP contribution in [0.15, 0.2) is 0 Å². The standard InChI is InChI=1S/C6H10O/c1-4-3-5-6(4,2)7-5/h4-5H,3H2,1-2H3. The molecule has 0 spiro atoms. The predicted octanol–water partition coefficient (Wildman–Crippen LogP) is 1.18. The molecule has 3 atom stereocenters. The first kappa shape index (κ1) is 3.90. The van der Waals surface area contributed by atoms with Crippen molar-refractivity contribution in [3.05, 3.63) is 0 Å². The van der Waals surface area contributed by atoms with E-state index in [1.54, 1.807) is 0 Å². The first-order chi connectivity index (χ1) is 3.23. The fourth-order valence-electron chi connectivity index (χ4n) is 1.38. The third kappa shape index (κ3) is 0.260. The third-order valence-corrected chi connectivity index (χ3v) is 2.52. The number of hydrogen-bond acceptors (Lipinski definition) is 1. The zero-order valence-electron chi connectivity index (χ0n) is 4.77. The van der Waals surface area contributed by atoms with Crippen molar-refractivity contribution in [3.8, 4) is 0 Å². The highest BCUT2D eigenvalue weighted by molar-refractivity contribution is 5.12. The highest BCUT2D eigenvalue weighted by atomic mass is 16.6. The van der Waals surface area contributed by atoms with Crippen LogP contribution in [0.2, 0.25) is 0 Å². The summed E-state index contributed by atoms with van der Waals surface area (Å²) < 4.78 is 5.33. The number of hydrogen-bond donors (Lipinski definition) is 0. The van der Waals surface area contributed by atoms with Gasteiger partial charge < -0.3 is 4.74 Å². The molecule has 1 saturated heterocycles. The zero-order chi connectivity index (χ0) is 5.07. The Morgan fingerprint density at radius 1 is 1.71 bits per heavy atom. The summed E-state index contributed by atoms with van der Waals surface area (Å²) in [5, 5.41) is 0. The molecule has 0 aromatic rings. The summed E-state index contributed by atoms with van der Waals surface area (Å²) in [6.07, 6.45) is 1.96. The van der Waals surface area contributed by atoms with Gasteiger partial charge in [0.1, 0.15) is 0 Å². The SMILES string of the molecule is CC1CC2OC12C. The number of ether oxygens (including phenoxy) is 1. The Morgan fingerprint density at radius 2 is 2.43 bits per heavy atom. The van der Waals surface area contributed by atoms with Crippen LogP contribution in [0.4, 0.5) is 0 Å². The lowest BCUT2D eigenvalue weighted by atomic mass is 9.76. The molecule has 0 radical (unpaired) electrons. The van der Waals surface area contributed by atoms with Crippen molar-refractivity contribution in [2.45, 2.75) is 32.0 Å². The van der Waals surface area contributed by atoms with E-state index >= 15 is 0 Å². The molecule has 0 bridgehead atoms. The van der Waals surface area contributed by atoms with Gasteiger partial charge >= 0.3 is 0 Å². The lowest BCUT2D eigenvalue weighted by Gasteiger charge is -2.23. The zero-order valence-corrected chi connectivity index (χ0v) is 4.77. The first-order valence-corrected chi connectivity index (χ1v) is 2.91. The van der Waals surface area contributed by atoms with Gasteiger partial charge in [-0.15, -0.1) is 0 Å². The maximum Gasteiger partial charge on any atom is 0.0946 e. The van der Waals surface area contributed by atoms with E-state index in [0.29, 0.717) is 11.7 Å². The van der Waals surface area contributed by atoms with Crippen LogP contribution in [0, 0.1) is 5.92 Å². The lowest BCUT2D eigenvalue weighted by Crippen LogP contribution is -2.31. The van der Waals surface area contributed by atoms with E-state index < -0.39 is 0 Å². The van der Waals surface area contributed by atoms with E-state index in [0.717, 1.165) is 5.92 Å². The average molecular weight is 98.1 g/mol. The number of fused-ring (bicyclic) bond motifs is 1. The number of epoxide rings is 1. The quantitative estimate of drug-likeness (QED) is 0.414. The van der Waals surface area contributed by atoms with Crippen LogP contribution in [-0.4, -0.2) is 11.7 Å². The maximum absolute atomic E-state index is 5.33. The van der Waals surface area contributed by atoms with E-state index in [4.69, 9.17) is 4.74 Å². The van der Waals surface area contributed by atoms with Crippen LogP contribution in [0.1, 0.15) is 20.3 Å². The minimum Gasteiger partial charge on any atom is -0.366 e. The Labute approximate surface area is 43.7 Å². The largest absolute Gasteiger partial charge is 0.366 e. The van der Waals surface area contributed by atoms with Gasteiger partial charge in [-0.05, 0) is 19.3 Å². The van der Waals surface area contributed by atoms with Gasteiger partial charge in [0.2, 0.25) is 0 Å².